The summed E-state index contributed by atoms with van der Waals surface area (Å²) in [5.41, 5.74) is 0. The van der Waals surface area contributed by atoms with Crippen LogP contribution >= 0.6 is 0 Å². The van der Waals surface area contributed by atoms with Crippen molar-refractivity contribution in [2.45, 2.75) is 199 Å². The van der Waals surface area contributed by atoms with Crippen molar-refractivity contribution in [3.8, 4) is 0 Å². The van der Waals surface area contributed by atoms with E-state index in [1.165, 1.54) is 89.9 Å². The van der Waals surface area contributed by atoms with Crippen molar-refractivity contribution in [3.63, 3.8) is 0 Å². The van der Waals surface area contributed by atoms with E-state index in [1.54, 1.807) is 0 Å². The van der Waals surface area contributed by atoms with Crippen molar-refractivity contribution in [2.24, 2.45) is 0 Å². The topological polar surface area (TPSA) is 99.1 Å². The largest absolute Gasteiger partial charge is 0.477 e. The Bertz CT molecular complexity index is 1130. The van der Waals surface area contributed by atoms with E-state index in [2.05, 4.69) is 74.6 Å². The predicted molar refractivity (Wildman–Crippen MR) is 243 cm³/mol. The smallest absolute Gasteiger partial charge is 0.362 e. The van der Waals surface area contributed by atoms with Crippen molar-refractivity contribution in [1.29, 1.82) is 0 Å². The second kappa shape index (κ2) is 40.8. The van der Waals surface area contributed by atoms with Crippen LogP contribution in [0, 0.1) is 0 Å². The van der Waals surface area contributed by atoms with E-state index in [0.29, 0.717) is 19.3 Å². The third-order valence-electron chi connectivity index (χ3n) is 10.2. The Morgan fingerprint density at radius 3 is 1.48 bits per heavy atom. The molecule has 8 heteroatoms. The van der Waals surface area contributed by atoms with Gasteiger partial charge in [-0.15, -0.1) is 0 Å². The lowest BCUT2D eigenvalue weighted by atomic mass is 10.1. The Kier molecular flexibility index (Phi) is 38.7. The Hall–Kier alpha value is -2.97. The lowest BCUT2D eigenvalue weighted by molar-refractivity contribution is -0.887. The van der Waals surface area contributed by atoms with Crippen LogP contribution in [0.1, 0.15) is 187 Å². The summed E-state index contributed by atoms with van der Waals surface area (Å²) in [4.78, 5) is 36.9. The van der Waals surface area contributed by atoms with Gasteiger partial charge in [-0.1, -0.05) is 158 Å². The van der Waals surface area contributed by atoms with Gasteiger partial charge in [0.2, 0.25) is 0 Å². The summed E-state index contributed by atoms with van der Waals surface area (Å²) >= 11 is 0. The predicted octanol–water partition coefficient (Wildman–Crippen LogP) is 13.0. The number of unbranched alkanes of at least 4 members (excludes halogenated alkanes) is 17. The maximum Gasteiger partial charge on any atom is 0.362 e. The zero-order valence-electron chi connectivity index (χ0n) is 38.0. The van der Waals surface area contributed by atoms with Crippen molar-refractivity contribution in [1.82, 2.24) is 0 Å². The number of rotatable bonds is 41. The van der Waals surface area contributed by atoms with Gasteiger partial charge in [0.1, 0.15) is 6.61 Å². The lowest BCUT2D eigenvalue weighted by Gasteiger charge is -2.31. The number of esters is 2. The molecule has 0 aliphatic heterocycles. The molecule has 0 aliphatic rings. The summed E-state index contributed by atoms with van der Waals surface area (Å²) in [6.07, 6.45) is 50.1. The van der Waals surface area contributed by atoms with E-state index in [0.717, 1.165) is 57.8 Å². The first-order chi connectivity index (χ1) is 28.1. The number of hydrogen-bond acceptors (Lipinski definition) is 6. The lowest BCUT2D eigenvalue weighted by Crippen LogP contribution is -2.50. The zero-order valence-corrected chi connectivity index (χ0v) is 38.0. The Morgan fingerprint density at radius 2 is 0.983 bits per heavy atom. The molecule has 2 unspecified atom stereocenters. The minimum Gasteiger partial charge on any atom is -0.477 e. The number of nitrogens with zero attached hydrogens (tertiary/aromatic N) is 1. The molecular weight excluding hydrogens is 727 g/mol. The highest BCUT2D eigenvalue weighted by molar-refractivity contribution is 5.72. The van der Waals surface area contributed by atoms with Gasteiger partial charge >= 0.3 is 17.9 Å². The van der Waals surface area contributed by atoms with E-state index in [4.69, 9.17) is 14.2 Å². The van der Waals surface area contributed by atoms with Crippen molar-refractivity contribution in [3.05, 3.63) is 60.8 Å². The van der Waals surface area contributed by atoms with E-state index in [1.807, 2.05) is 21.1 Å². The van der Waals surface area contributed by atoms with Gasteiger partial charge in [-0.3, -0.25) is 9.59 Å². The number of carboxylic acid groups (broad SMARTS) is 1. The Morgan fingerprint density at radius 1 is 0.534 bits per heavy atom. The third-order valence-corrected chi connectivity index (χ3v) is 10.2. The molecule has 0 fully saturated rings. The fourth-order valence-electron chi connectivity index (χ4n) is 6.56. The second-order valence-corrected chi connectivity index (χ2v) is 16.6. The van der Waals surface area contributed by atoms with Gasteiger partial charge in [0, 0.05) is 19.3 Å². The molecule has 0 heterocycles. The fraction of sp³-hybridized carbons (Fsp3) is 0.740. The molecule has 0 radical (unpaired) electrons. The minimum absolute atomic E-state index is 0.0362. The van der Waals surface area contributed by atoms with Crippen LogP contribution in [0.15, 0.2) is 60.8 Å². The molecule has 0 aromatic rings. The molecule has 0 aromatic carbocycles. The average molecular weight is 815 g/mol. The summed E-state index contributed by atoms with van der Waals surface area (Å²) in [6, 6.07) is -0.626. The highest BCUT2D eigenvalue weighted by Crippen LogP contribution is 2.14. The van der Waals surface area contributed by atoms with Gasteiger partial charge in [-0.25, -0.2) is 4.79 Å². The van der Waals surface area contributed by atoms with Crippen LogP contribution in [-0.4, -0.2) is 80.6 Å². The minimum atomic E-state index is -0.886. The maximum absolute atomic E-state index is 12.7. The molecule has 0 saturated heterocycles. The average Bonchev–Trinajstić information content (AvgIpc) is 3.18. The number of allylic oxidation sites excluding steroid dienone is 10. The number of likely N-dealkylation sites (N-methyl/N-ethyl adjacent to an activating group) is 1. The van der Waals surface area contributed by atoms with Gasteiger partial charge in [0.15, 0.2) is 12.1 Å². The first kappa shape index (κ1) is 55.0. The summed E-state index contributed by atoms with van der Waals surface area (Å²) in [6.45, 7) is 4.55. The van der Waals surface area contributed by atoms with Crippen LogP contribution in [0.3, 0.4) is 0 Å². The van der Waals surface area contributed by atoms with E-state index in [-0.39, 0.29) is 42.7 Å². The fourth-order valence-corrected chi connectivity index (χ4v) is 6.56. The molecule has 0 aromatic heterocycles. The maximum atomic E-state index is 12.7. The first-order valence-electron chi connectivity index (χ1n) is 23.3. The molecule has 0 spiro atoms. The molecule has 1 N–H and O–H groups in total. The summed E-state index contributed by atoms with van der Waals surface area (Å²) in [5.74, 6) is -1.55. The van der Waals surface area contributed by atoms with Gasteiger partial charge in [0.05, 0.1) is 34.4 Å². The zero-order chi connectivity index (χ0) is 42.8. The molecule has 334 valence electrons. The second-order valence-electron chi connectivity index (χ2n) is 16.6. The van der Waals surface area contributed by atoms with Gasteiger partial charge < -0.3 is 23.8 Å². The van der Waals surface area contributed by atoms with E-state index < -0.39 is 18.1 Å². The molecule has 8 nitrogen and oxygen atoms in total. The Labute approximate surface area is 356 Å². The van der Waals surface area contributed by atoms with E-state index >= 15 is 0 Å². The summed E-state index contributed by atoms with van der Waals surface area (Å²) < 4.78 is 17.2. The van der Waals surface area contributed by atoms with Gasteiger partial charge in [-0.05, 0) is 70.6 Å². The number of quaternary nitrogens is 1. The summed E-state index contributed by atoms with van der Waals surface area (Å²) in [5, 5.41) is 9.61. The van der Waals surface area contributed by atoms with Gasteiger partial charge in [0.25, 0.3) is 0 Å². The molecule has 0 saturated carbocycles. The number of carbonyl (C=O) groups excluding carboxylic acids is 2. The number of aliphatic carboxylic acids is 1. The highest BCUT2D eigenvalue weighted by Gasteiger charge is 2.31. The van der Waals surface area contributed by atoms with Crippen LogP contribution in [0.25, 0.3) is 0 Å². The first-order valence-corrected chi connectivity index (χ1v) is 23.3. The number of carboxylic acids is 1. The molecule has 0 bridgehead atoms. The summed E-state index contributed by atoms with van der Waals surface area (Å²) in [7, 11) is 5.50. The Balaban J connectivity index is 4.26. The standard InChI is InChI=1S/C50H87NO7/c1-6-8-10-12-14-16-18-19-20-21-22-23-24-25-26-27-28-29-31-32-34-36-38-40-48(52)57-45-46(44-56-43-42-47(50(54)55)51(3,4)5)58-49(53)41-39-37-35-33-30-17-15-13-11-9-7-2/h9,11,15,17,22-23,25-26,33,35,46-47H,6-8,10,12-14,16,18-21,24,27-32,34,36-45H2,1-5H3/p+1/b11-9+,17-15+,23-22+,26-25+,35-33+. The number of hydrogen-bond donors (Lipinski definition) is 1. The van der Waals surface area contributed by atoms with Crippen molar-refractivity contribution >= 4 is 17.9 Å². The van der Waals surface area contributed by atoms with E-state index in [9.17, 15) is 19.5 Å². The molecule has 58 heavy (non-hydrogen) atoms. The van der Waals surface area contributed by atoms with Crippen LogP contribution < -0.4 is 0 Å². The SMILES string of the molecule is CC/C=C/C/C=C/C/C=C/CCCC(=O)OC(COCCC(C(=O)O)[N+](C)(C)C)COC(=O)CCCCCCCCC/C=C/C/C=C/CCCCCCCCCCC. The molecular formula is C50H88NO7+. The quantitative estimate of drug-likeness (QED) is 0.0284. The number of ether oxygens (including phenoxy) is 3. The molecule has 0 rings (SSSR count). The molecule has 0 aliphatic carbocycles. The third kappa shape index (κ3) is 38.5. The molecule has 0 amide bonds. The van der Waals surface area contributed by atoms with Crippen molar-refractivity contribution in [2.75, 3.05) is 41.0 Å². The van der Waals surface area contributed by atoms with Crippen molar-refractivity contribution < 1.29 is 38.2 Å². The normalized spacial score (nSPS) is 13.5. The van der Waals surface area contributed by atoms with Crippen LogP contribution in [0.2, 0.25) is 0 Å². The number of carbonyl (C=O) groups is 3. The van der Waals surface area contributed by atoms with Crippen LogP contribution in [-0.2, 0) is 28.6 Å². The highest BCUT2D eigenvalue weighted by atomic mass is 16.6. The van der Waals surface area contributed by atoms with Crippen LogP contribution in [0.5, 0.6) is 0 Å². The molecule has 2 atom stereocenters. The van der Waals surface area contributed by atoms with Gasteiger partial charge in [-0.2, -0.15) is 0 Å². The monoisotopic (exact) mass is 815 g/mol. The van der Waals surface area contributed by atoms with Crippen LogP contribution in [0.4, 0.5) is 0 Å².